The summed E-state index contributed by atoms with van der Waals surface area (Å²) in [5.74, 6) is 1.60. The number of hydrogen-bond donors (Lipinski definition) is 1. The molecule has 0 amide bonds. The molecule has 2 nitrogen and oxygen atoms in total. The molecule has 0 fully saturated rings. The molecule has 1 aromatic carbocycles. The third-order valence-corrected chi connectivity index (χ3v) is 3.37. The third-order valence-electron chi connectivity index (χ3n) is 3.37. The number of benzene rings is 1. The normalized spacial score (nSPS) is 14.4. The molecule has 0 bridgehead atoms. The highest BCUT2D eigenvalue weighted by Crippen LogP contribution is 2.31. The molecule has 96 valence electrons. The zero-order valence-corrected chi connectivity index (χ0v) is 11.5. The van der Waals surface area contributed by atoms with Crippen molar-refractivity contribution in [1.82, 2.24) is 5.32 Å². The maximum Gasteiger partial charge on any atom is 0.123 e. The van der Waals surface area contributed by atoms with E-state index in [-0.39, 0.29) is 0 Å². The zero-order valence-electron chi connectivity index (χ0n) is 11.5. The van der Waals surface area contributed by atoms with Gasteiger partial charge in [0.2, 0.25) is 0 Å². The Morgan fingerprint density at radius 1 is 1.29 bits per heavy atom. The van der Waals surface area contributed by atoms with Gasteiger partial charge in [0.1, 0.15) is 5.75 Å². The van der Waals surface area contributed by atoms with Crippen molar-refractivity contribution in [3.8, 4) is 5.75 Å². The number of para-hydroxylation sites is 1. The van der Waals surface area contributed by atoms with Gasteiger partial charge in [0.15, 0.2) is 0 Å². The van der Waals surface area contributed by atoms with Crippen LogP contribution in [0.5, 0.6) is 5.75 Å². The summed E-state index contributed by atoms with van der Waals surface area (Å²) >= 11 is 0. The van der Waals surface area contributed by atoms with E-state index in [1.54, 1.807) is 7.11 Å². The van der Waals surface area contributed by atoms with E-state index in [2.05, 4.69) is 31.3 Å². The Morgan fingerprint density at radius 2 is 2.00 bits per heavy atom. The first-order valence-electron chi connectivity index (χ1n) is 6.54. The topological polar surface area (TPSA) is 21.3 Å². The molecular formula is C15H25NO. The van der Waals surface area contributed by atoms with Crippen LogP contribution in [-0.2, 0) is 0 Å². The van der Waals surface area contributed by atoms with Crippen LogP contribution in [0, 0.1) is 5.92 Å². The minimum Gasteiger partial charge on any atom is -0.496 e. The highest BCUT2D eigenvalue weighted by atomic mass is 16.5. The van der Waals surface area contributed by atoms with Gasteiger partial charge in [-0.15, -0.1) is 0 Å². The van der Waals surface area contributed by atoms with Crippen molar-refractivity contribution in [2.45, 2.75) is 39.2 Å². The van der Waals surface area contributed by atoms with Gasteiger partial charge in [-0.25, -0.2) is 0 Å². The molecule has 0 saturated heterocycles. The van der Waals surface area contributed by atoms with Crippen molar-refractivity contribution in [2.24, 2.45) is 5.92 Å². The van der Waals surface area contributed by atoms with Crippen molar-refractivity contribution >= 4 is 0 Å². The van der Waals surface area contributed by atoms with E-state index in [4.69, 9.17) is 4.74 Å². The van der Waals surface area contributed by atoms with Gasteiger partial charge in [0, 0.05) is 11.6 Å². The van der Waals surface area contributed by atoms with E-state index in [0.29, 0.717) is 12.0 Å². The minimum atomic E-state index is 0.373. The molecule has 0 heterocycles. The minimum absolute atomic E-state index is 0.373. The lowest BCUT2D eigenvalue weighted by Gasteiger charge is -2.25. The molecule has 1 N–H and O–H groups in total. The molecule has 0 saturated carbocycles. The molecule has 1 rings (SSSR count). The lowest BCUT2D eigenvalue weighted by molar-refractivity contribution is 0.352. The third kappa shape index (κ3) is 3.74. The van der Waals surface area contributed by atoms with Gasteiger partial charge >= 0.3 is 0 Å². The van der Waals surface area contributed by atoms with E-state index in [1.807, 2.05) is 19.2 Å². The number of ether oxygens (including phenoxy) is 1. The Labute approximate surface area is 105 Å². The van der Waals surface area contributed by atoms with Gasteiger partial charge in [-0.2, -0.15) is 0 Å². The quantitative estimate of drug-likeness (QED) is 0.776. The van der Waals surface area contributed by atoms with Gasteiger partial charge in [-0.3, -0.25) is 0 Å². The highest BCUT2D eigenvalue weighted by Gasteiger charge is 2.19. The van der Waals surface area contributed by atoms with Crippen LogP contribution in [0.15, 0.2) is 24.3 Å². The molecule has 2 heteroatoms. The van der Waals surface area contributed by atoms with E-state index >= 15 is 0 Å². The molecule has 0 aliphatic rings. The summed E-state index contributed by atoms with van der Waals surface area (Å²) < 4.78 is 5.44. The lowest BCUT2D eigenvalue weighted by Crippen LogP contribution is -2.24. The monoisotopic (exact) mass is 235 g/mol. The molecule has 17 heavy (non-hydrogen) atoms. The van der Waals surface area contributed by atoms with Crippen LogP contribution in [0.4, 0.5) is 0 Å². The van der Waals surface area contributed by atoms with Gasteiger partial charge in [0.25, 0.3) is 0 Å². The van der Waals surface area contributed by atoms with E-state index in [1.165, 1.54) is 24.8 Å². The van der Waals surface area contributed by atoms with Crippen molar-refractivity contribution in [1.29, 1.82) is 0 Å². The van der Waals surface area contributed by atoms with Crippen molar-refractivity contribution in [3.63, 3.8) is 0 Å². The number of methoxy groups -OCH3 is 1. The van der Waals surface area contributed by atoms with Crippen molar-refractivity contribution in [2.75, 3.05) is 14.2 Å². The molecule has 1 aromatic rings. The largest absolute Gasteiger partial charge is 0.496 e. The number of rotatable bonds is 7. The zero-order chi connectivity index (χ0) is 12.7. The second-order valence-electron chi connectivity index (χ2n) is 4.63. The Morgan fingerprint density at radius 3 is 2.59 bits per heavy atom. The molecule has 2 atom stereocenters. The first-order chi connectivity index (χ1) is 8.24. The van der Waals surface area contributed by atoms with Crippen LogP contribution in [0.1, 0.15) is 44.7 Å². The van der Waals surface area contributed by atoms with Crippen LogP contribution in [-0.4, -0.2) is 14.2 Å². The molecule has 0 spiro atoms. The SMILES string of the molecule is CCCCC(C)C(NC)c1ccccc1OC. The molecule has 0 aliphatic carbocycles. The summed E-state index contributed by atoms with van der Waals surface area (Å²) in [6, 6.07) is 8.66. The average Bonchev–Trinajstić information content (AvgIpc) is 2.37. The summed E-state index contributed by atoms with van der Waals surface area (Å²) in [5.41, 5.74) is 1.26. The van der Waals surface area contributed by atoms with Gasteiger partial charge < -0.3 is 10.1 Å². The molecule has 0 aliphatic heterocycles. The number of nitrogens with one attached hydrogen (secondary N) is 1. The highest BCUT2D eigenvalue weighted by molar-refractivity contribution is 5.36. The Bertz CT molecular complexity index is 324. The summed E-state index contributed by atoms with van der Waals surface area (Å²) in [4.78, 5) is 0. The Balaban J connectivity index is 2.84. The fourth-order valence-electron chi connectivity index (χ4n) is 2.36. The molecule has 2 unspecified atom stereocenters. The fraction of sp³-hybridized carbons (Fsp3) is 0.600. The van der Waals surface area contributed by atoms with Crippen LogP contribution in [0.25, 0.3) is 0 Å². The molecular weight excluding hydrogens is 210 g/mol. The maximum atomic E-state index is 5.44. The fourth-order valence-corrected chi connectivity index (χ4v) is 2.36. The average molecular weight is 235 g/mol. The van der Waals surface area contributed by atoms with Gasteiger partial charge in [-0.05, 0) is 25.5 Å². The van der Waals surface area contributed by atoms with Crippen molar-refractivity contribution < 1.29 is 4.74 Å². The summed E-state index contributed by atoms with van der Waals surface area (Å²) in [7, 11) is 3.77. The van der Waals surface area contributed by atoms with Gasteiger partial charge in [-0.1, -0.05) is 44.9 Å². The smallest absolute Gasteiger partial charge is 0.123 e. The van der Waals surface area contributed by atoms with Crippen LogP contribution in [0.3, 0.4) is 0 Å². The van der Waals surface area contributed by atoms with E-state index < -0.39 is 0 Å². The van der Waals surface area contributed by atoms with Crippen LogP contribution >= 0.6 is 0 Å². The molecule has 0 radical (unpaired) electrons. The first-order valence-corrected chi connectivity index (χ1v) is 6.54. The maximum absolute atomic E-state index is 5.44. The van der Waals surface area contributed by atoms with E-state index in [9.17, 15) is 0 Å². The van der Waals surface area contributed by atoms with Gasteiger partial charge in [0.05, 0.1) is 7.11 Å². The summed E-state index contributed by atoms with van der Waals surface area (Å²) in [6.07, 6.45) is 3.79. The summed E-state index contributed by atoms with van der Waals surface area (Å²) in [5, 5.41) is 3.42. The molecule has 0 aromatic heterocycles. The predicted molar refractivity (Wildman–Crippen MR) is 73.5 cm³/mol. The predicted octanol–water partition coefficient (Wildman–Crippen LogP) is 3.78. The Hall–Kier alpha value is -1.02. The summed E-state index contributed by atoms with van der Waals surface area (Å²) in [6.45, 7) is 4.55. The lowest BCUT2D eigenvalue weighted by atomic mass is 9.90. The number of hydrogen-bond acceptors (Lipinski definition) is 2. The van der Waals surface area contributed by atoms with Crippen LogP contribution in [0.2, 0.25) is 0 Å². The van der Waals surface area contributed by atoms with E-state index in [0.717, 1.165) is 5.75 Å². The second-order valence-corrected chi connectivity index (χ2v) is 4.63. The van der Waals surface area contributed by atoms with Crippen molar-refractivity contribution in [3.05, 3.63) is 29.8 Å². The Kier molecular flexibility index (Phi) is 6.06. The second kappa shape index (κ2) is 7.33. The van der Waals surface area contributed by atoms with Crippen LogP contribution < -0.4 is 10.1 Å². The standard InChI is InChI=1S/C15H25NO/c1-5-6-9-12(2)15(16-3)13-10-7-8-11-14(13)17-4/h7-8,10-12,15-16H,5-6,9H2,1-4H3. The first kappa shape index (κ1) is 14.0. The number of unbranched alkanes of at least 4 members (excludes halogenated alkanes) is 1.